The van der Waals surface area contributed by atoms with E-state index in [-0.39, 0.29) is 11.7 Å². The van der Waals surface area contributed by atoms with E-state index in [0.29, 0.717) is 16.8 Å². The number of fused-ring (bicyclic) bond motifs is 3. The Balaban J connectivity index is 1.51. The van der Waals surface area contributed by atoms with Crippen molar-refractivity contribution < 1.29 is 9.18 Å². The van der Waals surface area contributed by atoms with Gasteiger partial charge in [-0.15, -0.1) is 0 Å². The molecule has 1 unspecified atom stereocenters. The Hall–Kier alpha value is -3.25. The number of carbonyl (C=O) groups is 1. The first-order valence-electron chi connectivity index (χ1n) is 9.23. The van der Waals surface area contributed by atoms with E-state index in [2.05, 4.69) is 0 Å². The van der Waals surface area contributed by atoms with Crippen LogP contribution < -0.4 is 0 Å². The molecule has 0 saturated heterocycles. The van der Waals surface area contributed by atoms with E-state index in [1.165, 1.54) is 23.9 Å². The molecule has 5 rings (SSSR count). The predicted octanol–water partition coefficient (Wildman–Crippen LogP) is 5.09. The van der Waals surface area contributed by atoms with E-state index in [0.717, 1.165) is 22.4 Å². The third kappa shape index (κ3) is 3.25. The van der Waals surface area contributed by atoms with Crippen LogP contribution in [0.5, 0.6) is 0 Å². The van der Waals surface area contributed by atoms with Crippen LogP contribution in [0.4, 0.5) is 10.1 Å². The summed E-state index contributed by atoms with van der Waals surface area (Å²) in [5, 5.41) is 0.593. The van der Waals surface area contributed by atoms with Crippen LogP contribution in [-0.2, 0) is 10.5 Å². The van der Waals surface area contributed by atoms with Crippen molar-refractivity contribution in [3.63, 3.8) is 0 Å². The molecule has 2 aliphatic heterocycles. The number of halogens is 1. The smallest absolute Gasteiger partial charge is 0.263 e. The number of para-hydroxylation sites is 1. The average molecular weight is 401 g/mol. The van der Waals surface area contributed by atoms with Crippen molar-refractivity contribution in [3.05, 3.63) is 101 Å². The topological polar surface area (TPSA) is 45.0 Å². The summed E-state index contributed by atoms with van der Waals surface area (Å²) in [4.78, 5) is 24.4. The van der Waals surface area contributed by atoms with Gasteiger partial charge < -0.3 is 0 Å². The molecule has 3 aromatic carbocycles. The van der Waals surface area contributed by atoms with Gasteiger partial charge in [0.2, 0.25) is 0 Å². The maximum Gasteiger partial charge on any atom is 0.263 e. The molecule has 142 valence electrons. The van der Waals surface area contributed by atoms with Crippen LogP contribution in [-0.4, -0.2) is 21.8 Å². The monoisotopic (exact) mass is 401 g/mol. The number of hydrogen-bond donors (Lipinski definition) is 0. The molecule has 1 amide bonds. The van der Waals surface area contributed by atoms with Gasteiger partial charge in [0.05, 0.1) is 5.69 Å². The molecule has 0 spiro atoms. The molecule has 6 heteroatoms. The Morgan fingerprint density at radius 2 is 1.66 bits per heavy atom. The molecular formula is C23H16FN3OS. The highest BCUT2D eigenvalue weighted by Crippen LogP contribution is 2.38. The minimum Gasteiger partial charge on any atom is -0.271 e. The largest absolute Gasteiger partial charge is 0.271 e. The zero-order valence-corrected chi connectivity index (χ0v) is 16.1. The first kappa shape index (κ1) is 17.8. The fraction of sp³-hybridized carbons (Fsp3) is 0.0870. The van der Waals surface area contributed by atoms with Crippen molar-refractivity contribution in [2.45, 2.75) is 11.8 Å². The minimum atomic E-state index is -0.575. The van der Waals surface area contributed by atoms with Gasteiger partial charge in [-0.25, -0.2) is 19.3 Å². The lowest BCUT2D eigenvalue weighted by atomic mass is 10.1. The van der Waals surface area contributed by atoms with Gasteiger partial charge in [0.1, 0.15) is 11.7 Å². The molecule has 4 nitrogen and oxygen atoms in total. The first-order chi connectivity index (χ1) is 14.2. The van der Waals surface area contributed by atoms with Crippen molar-refractivity contribution in [2.24, 2.45) is 9.98 Å². The first-order valence-corrected chi connectivity index (χ1v) is 10.2. The second-order valence-corrected chi connectivity index (χ2v) is 7.71. The van der Waals surface area contributed by atoms with Crippen molar-refractivity contribution in [3.8, 4) is 0 Å². The zero-order valence-electron chi connectivity index (χ0n) is 15.3. The SMILES string of the molecule is O=C1C(c2ccccc2)N=C2c3ccccc3N=C(SCc3ccc(F)cc3)N12. The minimum absolute atomic E-state index is 0.106. The Labute approximate surface area is 171 Å². The fourth-order valence-electron chi connectivity index (χ4n) is 3.43. The quantitative estimate of drug-likeness (QED) is 0.614. The molecular weight excluding hydrogens is 385 g/mol. The molecule has 0 N–H and O–H groups in total. The summed E-state index contributed by atoms with van der Waals surface area (Å²) < 4.78 is 13.2. The van der Waals surface area contributed by atoms with E-state index in [9.17, 15) is 9.18 Å². The normalized spacial score (nSPS) is 17.5. The molecule has 0 bridgehead atoms. The van der Waals surface area contributed by atoms with Gasteiger partial charge in [0.25, 0.3) is 5.91 Å². The number of thioether (sulfide) groups is 1. The number of amidine groups is 2. The fourth-order valence-corrected chi connectivity index (χ4v) is 4.38. The standard InChI is InChI=1S/C23H16FN3OS/c24-17-12-10-15(11-13-17)14-29-23-25-19-9-5-4-8-18(19)21-26-20(22(28)27(21)23)16-6-2-1-3-7-16/h1-13,20H,14H2. The van der Waals surface area contributed by atoms with E-state index < -0.39 is 6.04 Å². The summed E-state index contributed by atoms with van der Waals surface area (Å²) in [6, 6.07) is 23.1. The van der Waals surface area contributed by atoms with E-state index >= 15 is 0 Å². The predicted molar refractivity (Wildman–Crippen MR) is 114 cm³/mol. The highest BCUT2D eigenvalue weighted by Gasteiger charge is 2.41. The number of hydrogen-bond acceptors (Lipinski definition) is 4. The maximum absolute atomic E-state index is 13.3. The number of benzene rings is 3. The van der Waals surface area contributed by atoms with Crippen LogP contribution in [0.1, 0.15) is 22.7 Å². The molecule has 2 heterocycles. The van der Waals surface area contributed by atoms with Crippen LogP contribution in [0, 0.1) is 5.82 Å². The summed E-state index contributed by atoms with van der Waals surface area (Å²) >= 11 is 1.45. The Morgan fingerprint density at radius 1 is 0.931 bits per heavy atom. The molecule has 0 radical (unpaired) electrons. The third-order valence-corrected chi connectivity index (χ3v) is 5.88. The summed E-state index contributed by atoms with van der Waals surface area (Å²) in [5.74, 6) is 0.841. The van der Waals surface area contributed by atoms with Gasteiger partial charge in [-0.3, -0.25) is 4.79 Å². The molecule has 29 heavy (non-hydrogen) atoms. The van der Waals surface area contributed by atoms with Gasteiger partial charge in [0.15, 0.2) is 11.2 Å². The Morgan fingerprint density at radius 3 is 2.45 bits per heavy atom. The van der Waals surface area contributed by atoms with Gasteiger partial charge in [-0.1, -0.05) is 66.4 Å². The van der Waals surface area contributed by atoms with Crippen molar-refractivity contribution in [1.82, 2.24) is 4.90 Å². The maximum atomic E-state index is 13.3. The second-order valence-electron chi connectivity index (χ2n) is 6.77. The average Bonchev–Trinajstić information content (AvgIpc) is 3.11. The van der Waals surface area contributed by atoms with Crippen LogP contribution in [0.15, 0.2) is 88.8 Å². The van der Waals surface area contributed by atoms with E-state index in [1.54, 1.807) is 17.0 Å². The van der Waals surface area contributed by atoms with Crippen LogP contribution in [0.2, 0.25) is 0 Å². The van der Waals surface area contributed by atoms with E-state index in [1.807, 2.05) is 54.6 Å². The van der Waals surface area contributed by atoms with Crippen LogP contribution in [0.3, 0.4) is 0 Å². The van der Waals surface area contributed by atoms with Crippen molar-refractivity contribution >= 4 is 34.4 Å². The number of rotatable bonds is 3. The second kappa shape index (κ2) is 7.29. The van der Waals surface area contributed by atoms with Crippen LogP contribution >= 0.6 is 11.8 Å². The van der Waals surface area contributed by atoms with E-state index in [4.69, 9.17) is 9.98 Å². The van der Waals surface area contributed by atoms with Gasteiger partial charge in [-0.05, 0) is 35.4 Å². The Bertz CT molecular complexity index is 1140. The zero-order chi connectivity index (χ0) is 19.8. The lowest BCUT2D eigenvalue weighted by Gasteiger charge is -2.25. The lowest BCUT2D eigenvalue weighted by Crippen LogP contribution is -2.39. The number of aliphatic imine (C=N–C) groups is 2. The van der Waals surface area contributed by atoms with Gasteiger partial charge in [-0.2, -0.15) is 0 Å². The molecule has 0 fully saturated rings. The summed E-state index contributed by atoms with van der Waals surface area (Å²) in [6.45, 7) is 0. The number of carbonyl (C=O) groups excluding carboxylic acids is 1. The molecule has 1 atom stereocenters. The summed E-state index contributed by atoms with van der Waals surface area (Å²) in [7, 11) is 0. The summed E-state index contributed by atoms with van der Waals surface area (Å²) in [6.07, 6.45) is 0. The van der Waals surface area contributed by atoms with Gasteiger partial charge >= 0.3 is 0 Å². The van der Waals surface area contributed by atoms with Crippen molar-refractivity contribution in [1.29, 1.82) is 0 Å². The summed E-state index contributed by atoms with van der Waals surface area (Å²) in [5.41, 5.74) is 3.47. The molecule has 0 aromatic heterocycles. The Kier molecular flexibility index (Phi) is 4.48. The molecule has 0 saturated carbocycles. The molecule has 0 aliphatic carbocycles. The van der Waals surface area contributed by atoms with Crippen LogP contribution in [0.25, 0.3) is 0 Å². The molecule has 2 aliphatic rings. The highest BCUT2D eigenvalue weighted by atomic mass is 32.2. The number of nitrogens with zero attached hydrogens (tertiary/aromatic N) is 3. The lowest BCUT2D eigenvalue weighted by molar-refractivity contribution is -0.124. The number of amides is 1. The van der Waals surface area contributed by atoms with Gasteiger partial charge in [0, 0.05) is 11.3 Å². The molecule has 3 aromatic rings. The highest BCUT2D eigenvalue weighted by molar-refractivity contribution is 8.13. The van der Waals surface area contributed by atoms with Crippen molar-refractivity contribution in [2.75, 3.05) is 0 Å². The third-order valence-electron chi connectivity index (χ3n) is 4.87.